The molecule has 62 valence electrons. The highest BCUT2D eigenvalue weighted by atomic mass is 79.9. The second-order valence-electron chi connectivity index (χ2n) is 2.02. The molecule has 3 nitrogen and oxygen atoms in total. The normalized spacial score (nSPS) is 8.83. The Morgan fingerprint density at radius 3 is 2.92 bits per heavy atom. The fraction of sp³-hybridized carbons (Fsp3) is 0.125. The summed E-state index contributed by atoms with van der Waals surface area (Å²) >= 11 is 3.27. The minimum atomic E-state index is 0.482. The van der Waals surface area contributed by atoms with Crippen LogP contribution in [-0.2, 0) is 4.79 Å². The molecule has 0 aliphatic carbocycles. The molecule has 1 aromatic carbocycles. The van der Waals surface area contributed by atoms with E-state index in [-0.39, 0.29) is 0 Å². The van der Waals surface area contributed by atoms with E-state index in [9.17, 15) is 4.79 Å². The van der Waals surface area contributed by atoms with Crippen molar-refractivity contribution in [2.45, 2.75) is 0 Å². The molecule has 12 heavy (non-hydrogen) atoms. The van der Waals surface area contributed by atoms with Gasteiger partial charge in [0.05, 0.1) is 7.11 Å². The average Bonchev–Trinajstić information content (AvgIpc) is 2.08. The second kappa shape index (κ2) is 4.04. The van der Waals surface area contributed by atoms with Crippen LogP contribution in [0.2, 0.25) is 0 Å². The molecule has 0 heterocycles. The van der Waals surface area contributed by atoms with Crippen molar-refractivity contribution >= 4 is 27.7 Å². The first-order chi connectivity index (χ1) is 5.77. The minimum Gasteiger partial charge on any atom is -0.494 e. The zero-order valence-electron chi connectivity index (χ0n) is 6.37. The summed E-state index contributed by atoms with van der Waals surface area (Å²) in [7, 11) is 1.52. The maximum atomic E-state index is 9.97. The molecule has 0 saturated heterocycles. The fourth-order valence-electron chi connectivity index (χ4n) is 0.793. The number of nitrogens with zero attached hydrogens (tertiary/aromatic N) is 1. The summed E-state index contributed by atoms with van der Waals surface area (Å²) in [6, 6.07) is 5.18. The summed E-state index contributed by atoms with van der Waals surface area (Å²) < 4.78 is 5.85. The first-order valence-corrected chi connectivity index (χ1v) is 3.98. The van der Waals surface area contributed by atoms with Crippen LogP contribution in [0.4, 0.5) is 5.69 Å². The largest absolute Gasteiger partial charge is 0.494 e. The summed E-state index contributed by atoms with van der Waals surface area (Å²) in [5, 5.41) is 0. The number of methoxy groups -OCH3 is 1. The zero-order valence-corrected chi connectivity index (χ0v) is 7.96. The van der Waals surface area contributed by atoms with Gasteiger partial charge in [-0.2, -0.15) is 4.99 Å². The van der Waals surface area contributed by atoms with E-state index < -0.39 is 0 Å². The fourth-order valence-corrected chi connectivity index (χ4v) is 1.13. The number of carbonyl (C=O) groups excluding carboxylic acids is 1. The Labute approximate surface area is 78.2 Å². The third-order valence-electron chi connectivity index (χ3n) is 1.31. The monoisotopic (exact) mass is 227 g/mol. The van der Waals surface area contributed by atoms with E-state index in [2.05, 4.69) is 20.9 Å². The number of benzene rings is 1. The highest BCUT2D eigenvalue weighted by Crippen LogP contribution is 2.29. The number of ether oxygens (including phenoxy) is 1. The SMILES string of the molecule is COc1cc(Br)ccc1N=C=O. The van der Waals surface area contributed by atoms with Crippen LogP contribution in [0.3, 0.4) is 0 Å². The molecule has 0 atom stereocenters. The van der Waals surface area contributed by atoms with E-state index in [1.165, 1.54) is 13.2 Å². The highest BCUT2D eigenvalue weighted by molar-refractivity contribution is 9.10. The summed E-state index contributed by atoms with van der Waals surface area (Å²) in [4.78, 5) is 13.4. The maximum absolute atomic E-state index is 9.97. The van der Waals surface area contributed by atoms with Crippen LogP contribution in [-0.4, -0.2) is 13.2 Å². The molecule has 0 fully saturated rings. The molecular formula is C8H6BrNO2. The van der Waals surface area contributed by atoms with Crippen LogP contribution >= 0.6 is 15.9 Å². The summed E-state index contributed by atoms with van der Waals surface area (Å²) in [5.41, 5.74) is 0.482. The van der Waals surface area contributed by atoms with Crippen molar-refractivity contribution < 1.29 is 9.53 Å². The molecule has 1 aromatic rings. The van der Waals surface area contributed by atoms with E-state index in [0.717, 1.165) is 4.47 Å². The molecule has 0 bridgehead atoms. The molecule has 0 saturated carbocycles. The van der Waals surface area contributed by atoms with Gasteiger partial charge >= 0.3 is 0 Å². The third kappa shape index (κ3) is 1.94. The molecule has 0 unspecified atom stereocenters. The van der Waals surface area contributed by atoms with Gasteiger partial charge in [-0.25, -0.2) is 4.79 Å². The Morgan fingerprint density at radius 2 is 2.33 bits per heavy atom. The van der Waals surface area contributed by atoms with Gasteiger partial charge in [-0.1, -0.05) is 15.9 Å². The smallest absolute Gasteiger partial charge is 0.240 e. The Kier molecular flexibility index (Phi) is 3.02. The Bertz CT molecular complexity index is 332. The lowest BCUT2D eigenvalue weighted by molar-refractivity contribution is 0.416. The molecule has 0 aromatic heterocycles. The van der Waals surface area contributed by atoms with E-state index in [1.54, 1.807) is 18.2 Å². The number of halogens is 1. The van der Waals surface area contributed by atoms with Crippen molar-refractivity contribution in [3.63, 3.8) is 0 Å². The van der Waals surface area contributed by atoms with Crippen molar-refractivity contribution in [2.75, 3.05) is 7.11 Å². The summed E-state index contributed by atoms with van der Waals surface area (Å²) in [6.07, 6.45) is 1.46. The van der Waals surface area contributed by atoms with Gasteiger partial charge in [0.1, 0.15) is 11.4 Å². The number of isocyanates is 1. The lowest BCUT2D eigenvalue weighted by Crippen LogP contribution is -1.82. The second-order valence-corrected chi connectivity index (χ2v) is 2.93. The van der Waals surface area contributed by atoms with Gasteiger partial charge in [-0.05, 0) is 18.2 Å². The van der Waals surface area contributed by atoms with Crippen LogP contribution in [0.1, 0.15) is 0 Å². The van der Waals surface area contributed by atoms with Gasteiger partial charge in [0.2, 0.25) is 6.08 Å². The number of aliphatic imine (C=N–C) groups is 1. The van der Waals surface area contributed by atoms with E-state index in [4.69, 9.17) is 4.74 Å². The number of rotatable bonds is 2. The summed E-state index contributed by atoms with van der Waals surface area (Å²) in [5.74, 6) is 0.549. The predicted molar refractivity (Wildman–Crippen MR) is 48.5 cm³/mol. The quantitative estimate of drug-likeness (QED) is 0.575. The molecule has 0 N–H and O–H groups in total. The van der Waals surface area contributed by atoms with Crippen LogP contribution in [0, 0.1) is 0 Å². The molecular weight excluding hydrogens is 222 g/mol. The number of hydrogen-bond donors (Lipinski definition) is 0. The molecule has 0 spiro atoms. The van der Waals surface area contributed by atoms with E-state index >= 15 is 0 Å². The van der Waals surface area contributed by atoms with Crippen LogP contribution < -0.4 is 4.74 Å². The molecule has 0 amide bonds. The molecule has 0 radical (unpaired) electrons. The Hall–Kier alpha value is -1.12. The van der Waals surface area contributed by atoms with Crippen molar-refractivity contribution in [3.8, 4) is 5.75 Å². The summed E-state index contributed by atoms with van der Waals surface area (Å²) in [6.45, 7) is 0. The minimum absolute atomic E-state index is 0.482. The lowest BCUT2D eigenvalue weighted by Gasteiger charge is -2.02. The molecule has 0 aliphatic rings. The first-order valence-electron chi connectivity index (χ1n) is 3.19. The van der Waals surface area contributed by atoms with Crippen molar-refractivity contribution in [1.82, 2.24) is 0 Å². The average molecular weight is 228 g/mol. The molecule has 1 rings (SSSR count). The van der Waals surface area contributed by atoms with Crippen LogP contribution in [0.15, 0.2) is 27.7 Å². The van der Waals surface area contributed by atoms with Crippen molar-refractivity contribution in [1.29, 1.82) is 0 Å². The van der Waals surface area contributed by atoms with Crippen molar-refractivity contribution in [3.05, 3.63) is 22.7 Å². The maximum Gasteiger partial charge on any atom is 0.240 e. The van der Waals surface area contributed by atoms with Crippen LogP contribution in [0.5, 0.6) is 5.75 Å². The zero-order chi connectivity index (χ0) is 8.97. The Balaban J connectivity index is 3.19. The topological polar surface area (TPSA) is 38.7 Å². The van der Waals surface area contributed by atoms with Crippen molar-refractivity contribution in [2.24, 2.45) is 4.99 Å². The molecule has 4 heteroatoms. The van der Waals surface area contributed by atoms with E-state index in [1.807, 2.05) is 0 Å². The third-order valence-corrected chi connectivity index (χ3v) is 1.80. The van der Waals surface area contributed by atoms with Gasteiger partial charge in [0.15, 0.2) is 0 Å². The van der Waals surface area contributed by atoms with E-state index in [0.29, 0.717) is 11.4 Å². The van der Waals surface area contributed by atoms with Gasteiger partial charge < -0.3 is 4.74 Å². The lowest BCUT2D eigenvalue weighted by atomic mass is 10.3. The Morgan fingerprint density at radius 1 is 1.58 bits per heavy atom. The van der Waals surface area contributed by atoms with Crippen LogP contribution in [0.25, 0.3) is 0 Å². The van der Waals surface area contributed by atoms with Gasteiger partial charge in [0, 0.05) is 4.47 Å². The number of hydrogen-bond acceptors (Lipinski definition) is 3. The molecule has 0 aliphatic heterocycles. The van der Waals surface area contributed by atoms with Gasteiger partial charge in [-0.15, -0.1) is 0 Å². The van der Waals surface area contributed by atoms with Gasteiger partial charge in [-0.3, -0.25) is 0 Å². The standard InChI is InChI=1S/C8H6BrNO2/c1-12-8-4-6(9)2-3-7(8)10-5-11/h2-4H,1H3. The van der Waals surface area contributed by atoms with Gasteiger partial charge in [0.25, 0.3) is 0 Å². The predicted octanol–water partition coefficient (Wildman–Crippen LogP) is 2.43. The first kappa shape index (κ1) is 8.97. The highest BCUT2D eigenvalue weighted by Gasteiger charge is 2.00.